The molecule has 0 bridgehead atoms. The van der Waals surface area contributed by atoms with Crippen LogP contribution >= 0.6 is 0 Å². The lowest BCUT2D eigenvalue weighted by Gasteiger charge is -2.36. The van der Waals surface area contributed by atoms with Crippen molar-refractivity contribution in [3.05, 3.63) is 42.0 Å². The Morgan fingerprint density at radius 3 is 2.50 bits per heavy atom. The number of rotatable bonds is 10. The molecule has 1 aromatic rings. The van der Waals surface area contributed by atoms with Gasteiger partial charge in [-0.15, -0.1) is 0 Å². The van der Waals surface area contributed by atoms with Gasteiger partial charge in [0.05, 0.1) is 5.75 Å². The van der Waals surface area contributed by atoms with E-state index < -0.39 is 10.0 Å². The predicted octanol–water partition coefficient (Wildman–Crippen LogP) is 1.95. The fourth-order valence-electron chi connectivity index (χ4n) is 3.31. The second-order valence-electron chi connectivity index (χ2n) is 7.41. The molecule has 0 spiro atoms. The van der Waals surface area contributed by atoms with Gasteiger partial charge in [-0.1, -0.05) is 42.5 Å². The predicted molar refractivity (Wildman–Crippen MR) is 126 cm³/mol. The third-order valence-electron chi connectivity index (χ3n) is 5.21. The van der Waals surface area contributed by atoms with Crippen LogP contribution in [0.1, 0.15) is 25.8 Å². The van der Waals surface area contributed by atoms with Gasteiger partial charge in [-0.25, -0.2) is 12.7 Å². The van der Waals surface area contributed by atoms with Gasteiger partial charge < -0.3 is 10.2 Å². The topological polar surface area (TPSA) is 68.2 Å². The summed E-state index contributed by atoms with van der Waals surface area (Å²) < 4.78 is 25.1. The number of hydrogen-bond acceptors (Lipinski definition) is 4. The van der Waals surface area contributed by atoms with Gasteiger partial charge in [0, 0.05) is 59.4 Å². The Bertz CT molecular complexity index is 772. The van der Waals surface area contributed by atoms with Crippen LogP contribution in [0.3, 0.4) is 0 Å². The third-order valence-corrected chi connectivity index (χ3v) is 7.07. The van der Waals surface area contributed by atoms with Gasteiger partial charge in [0.1, 0.15) is 0 Å². The van der Waals surface area contributed by atoms with Crippen LogP contribution in [0.4, 0.5) is 0 Å². The van der Waals surface area contributed by atoms with Crippen LogP contribution in [0.25, 0.3) is 6.08 Å². The van der Waals surface area contributed by atoms with E-state index in [1.807, 2.05) is 6.07 Å². The minimum absolute atomic E-state index is 0.139. The molecule has 0 aromatic heterocycles. The van der Waals surface area contributed by atoms with Crippen molar-refractivity contribution >= 4 is 22.1 Å². The van der Waals surface area contributed by atoms with Gasteiger partial charge in [-0.3, -0.25) is 9.89 Å². The second kappa shape index (κ2) is 12.7. The van der Waals surface area contributed by atoms with E-state index in [1.54, 1.807) is 14.0 Å². The Morgan fingerprint density at radius 1 is 1.17 bits per heavy atom. The Kier molecular flexibility index (Phi) is 10.3. The molecule has 1 N–H and O–H groups in total. The smallest absolute Gasteiger partial charge is 0.213 e. The number of aliphatic imine (C=N–C) groups is 1. The number of benzene rings is 1. The van der Waals surface area contributed by atoms with E-state index >= 15 is 0 Å². The Morgan fingerprint density at radius 2 is 1.87 bits per heavy atom. The Balaban J connectivity index is 1.77. The monoisotopic (exact) mass is 435 g/mol. The molecule has 0 saturated carbocycles. The summed E-state index contributed by atoms with van der Waals surface area (Å²) in [6.07, 6.45) is 5.12. The maximum atomic E-state index is 11.8. The summed E-state index contributed by atoms with van der Waals surface area (Å²) in [4.78, 5) is 9.47. The van der Waals surface area contributed by atoms with Crippen molar-refractivity contribution in [1.82, 2.24) is 19.4 Å². The SMILES string of the molecule is CCNC(=NCCCN(C)S(=O)(=O)CC)N1CCN(C/C=C/c2ccccc2)CC1. The summed E-state index contributed by atoms with van der Waals surface area (Å²) in [5, 5.41) is 3.37. The molecule has 1 saturated heterocycles. The number of hydrogen-bond donors (Lipinski definition) is 1. The molecule has 30 heavy (non-hydrogen) atoms. The minimum Gasteiger partial charge on any atom is -0.357 e. The van der Waals surface area contributed by atoms with Crippen LogP contribution < -0.4 is 5.32 Å². The zero-order valence-electron chi connectivity index (χ0n) is 18.6. The van der Waals surface area contributed by atoms with Crippen molar-refractivity contribution in [3.63, 3.8) is 0 Å². The fourth-order valence-corrected chi connectivity index (χ4v) is 4.16. The van der Waals surface area contributed by atoms with E-state index in [2.05, 4.69) is 58.5 Å². The van der Waals surface area contributed by atoms with Crippen LogP contribution in [-0.4, -0.2) is 93.6 Å². The number of piperazine rings is 1. The molecule has 2 rings (SSSR count). The highest BCUT2D eigenvalue weighted by molar-refractivity contribution is 7.89. The van der Waals surface area contributed by atoms with Crippen molar-refractivity contribution in [1.29, 1.82) is 0 Å². The highest BCUT2D eigenvalue weighted by Crippen LogP contribution is 2.06. The maximum Gasteiger partial charge on any atom is 0.213 e. The Labute approximate surface area is 182 Å². The number of guanidine groups is 1. The van der Waals surface area contributed by atoms with E-state index in [9.17, 15) is 8.42 Å². The van der Waals surface area contributed by atoms with E-state index in [4.69, 9.17) is 4.99 Å². The molecule has 8 heteroatoms. The first-order valence-electron chi connectivity index (χ1n) is 10.9. The molecule has 1 aliphatic heterocycles. The molecule has 0 amide bonds. The highest BCUT2D eigenvalue weighted by Gasteiger charge is 2.19. The lowest BCUT2D eigenvalue weighted by atomic mass is 10.2. The largest absolute Gasteiger partial charge is 0.357 e. The summed E-state index contributed by atoms with van der Waals surface area (Å²) in [6, 6.07) is 10.4. The summed E-state index contributed by atoms with van der Waals surface area (Å²) in [6.45, 7) is 10.5. The molecular formula is C22H37N5O2S. The zero-order chi connectivity index (χ0) is 21.8. The first-order valence-corrected chi connectivity index (χ1v) is 12.5. The molecule has 1 fully saturated rings. The fraction of sp³-hybridized carbons (Fsp3) is 0.591. The lowest BCUT2D eigenvalue weighted by molar-refractivity contribution is 0.194. The van der Waals surface area contributed by atoms with Gasteiger partial charge in [0.25, 0.3) is 0 Å². The first-order chi connectivity index (χ1) is 14.5. The average molecular weight is 436 g/mol. The minimum atomic E-state index is -3.11. The summed E-state index contributed by atoms with van der Waals surface area (Å²) in [5.41, 5.74) is 1.23. The summed E-state index contributed by atoms with van der Waals surface area (Å²) in [7, 11) is -1.48. The number of nitrogens with zero attached hydrogens (tertiary/aromatic N) is 4. The normalized spacial score (nSPS) is 16.5. The standard InChI is InChI=1S/C22H37N5O2S/c1-4-23-22(24-14-10-15-25(3)30(28,29)5-2)27-19-17-26(18-20-27)16-9-13-21-11-7-6-8-12-21/h6-9,11-13H,4-5,10,14-20H2,1-3H3,(H,23,24)/b13-9+. The molecule has 0 radical (unpaired) electrons. The van der Waals surface area contributed by atoms with Gasteiger partial charge in [0.2, 0.25) is 10.0 Å². The van der Waals surface area contributed by atoms with Gasteiger partial charge >= 0.3 is 0 Å². The first kappa shape index (κ1) is 24.4. The molecule has 168 valence electrons. The molecule has 0 atom stereocenters. The van der Waals surface area contributed by atoms with E-state index in [0.29, 0.717) is 13.1 Å². The van der Waals surface area contributed by atoms with E-state index in [0.717, 1.165) is 51.6 Å². The van der Waals surface area contributed by atoms with Crippen LogP contribution in [0.15, 0.2) is 41.4 Å². The van der Waals surface area contributed by atoms with Crippen molar-refractivity contribution in [3.8, 4) is 0 Å². The van der Waals surface area contributed by atoms with Crippen LogP contribution in [0.5, 0.6) is 0 Å². The van der Waals surface area contributed by atoms with E-state index in [-0.39, 0.29) is 5.75 Å². The molecule has 1 aromatic carbocycles. The van der Waals surface area contributed by atoms with Crippen LogP contribution in [-0.2, 0) is 10.0 Å². The average Bonchev–Trinajstić information content (AvgIpc) is 2.77. The molecule has 1 aliphatic rings. The molecular weight excluding hydrogens is 398 g/mol. The highest BCUT2D eigenvalue weighted by atomic mass is 32.2. The molecule has 7 nitrogen and oxygen atoms in total. The molecule has 1 heterocycles. The maximum absolute atomic E-state index is 11.8. The van der Waals surface area contributed by atoms with Crippen LogP contribution in [0.2, 0.25) is 0 Å². The van der Waals surface area contributed by atoms with Crippen molar-refractivity contribution in [2.75, 3.05) is 65.2 Å². The van der Waals surface area contributed by atoms with Crippen molar-refractivity contribution in [2.45, 2.75) is 20.3 Å². The summed E-state index contributed by atoms with van der Waals surface area (Å²) in [5.74, 6) is 1.07. The van der Waals surface area contributed by atoms with Crippen molar-refractivity contribution in [2.24, 2.45) is 4.99 Å². The molecule has 0 unspecified atom stereocenters. The van der Waals surface area contributed by atoms with Crippen LogP contribution in [0, 0.1) is 0 Å². The lowest BCUT2D eigenvalue weighted by Crippen LogP contribution is -2.52. The molecule has 0 aliphatic carbocycles. The van der Waals surface area contributed by atoms with Gasteiger partial charge in [-0.2, -0.15) is 0 Å². The van der Waals surface area contributed by atoms with Gasteiger partial charge in [0.15, 0.2) is 5.96 Å². The summed E-state index contributed by atoms with van der Waals surface area (Å²) >= 11 is 0. The number of nitrogens with one attached hydrogen (secondary N) is 1. The third kappa shape index (κ3) is 8.08. The van der Waals surface area contributed by atoms with Gasteiger partial charge in [-0.05, 0) is 25.8 Å². The zero-order valence-corrected chi connectivity index (χ0v) is 19.4. The second-order valence-corrected chi connectivity index (χ2v) is 9.78. The van der Waals surface area contributed by atoms with E-state index in [1.165, 1.54) is 9.87 Å². The number of sulfonamides is 1. The Hall–Kier alpha value is -1.90. The van der Waals surface area contributed by atoms with Crippen molar-refractivity contribution < 1.29 is 8.42 Å². The quantitative estimate of drug-likeness (QED) is 0.346.